The van der Waals surface area contributed by atoms with Crippen molar-refractivity contribution in [1.29, 1.82) is 0 Å². The van der Waals surface area contributed by atoms with Gasteiger partial charge in [0, 0.05) is 39.3 Å². The molecule has 0 aliphatic carbocycles. The van der Waals surface area contributed by atoms with Gasteiger partial charge in [-0.2, -0.15) is 0 Å². The Morgan fingerprint density at radius 1 is 0.938 bits per heavy atom. The van der Waals surface area contributed by atoms with Crippen LogP contribution in [0.1, 0.15) is 52.8 Å². The molecule has 1 aliphatic heterocycles. The van der Waals surface area contributed by atoms with E-state index in [9.17, 15) is 4.79 Å². The van der Waals surface area contributed by atoms with Gasteiger partial charge in [-0.15, -0.1) is 0 Å². The fourth-order valence-corrected chi connectivity index (χ4v) is 3.92. The molecule has 0 unspecified atom stereocenters. The second kappa shape index (κ2) is 10.6. The lowest BCUT2D eigenvalue weighted by Crippen LogP contribution is -2.45. The lowest BCUT2D eigenvalue weighted by Gasteiger charge is -2.34. The minimum Gasteiger partial charge on any atom is -0.447 e. The van der Waals surface area contributed by atoms with Crippen LogP contribution in [-0.4, -0.2) is 46.9 Å². The van der Waals surface area contributed by atoms with Crippen molar-refractivity contribution in [2.75, 3.05) is 26.2 Å². The molecule has 1 N–H and O–H groups in total. The summed E-state index contributed by atoms with van der Waals surface area (Å²) in [6.45, 7) is 10.5. The molecule has 0 bridgehead atoms. The summed E-state index contributed by atoms with van der Waals surface area (Å²) in [6, 6.07) is 18.8. The Bertz CT molecular complexity index is 990. The lowest BCUT2D eigenvalue weighted by atomic mass is 10.0. The summed E-state index contributed by atoms with van der Waals surface area (Å²) in [4.78, 5) is 21.6. The van der Waals surface area contributed by atoms with E-state index in [1.165, 1.54) is 17.4 Å². The Morgan fingerprint density at radius 2 is 1.59 bits per heavy atom. The van der Waals surface area contributed by atoms with E-state index in [0.29, 0.717) is 30.6 Å². The van der Waals surface area contributed by atoms with E-state index in [1.807, 2.05) is 30.3 Å². The molecular weight excluding hydrogens is 400 g/mol. The standard InChI is InChI=1S/C26H32N4O2/c1-20(2)23-10-8-22(9-11-23)17-29-12-14-30(15-13-29)18-25-28-24(19-32-25)26(31)27-16-21-6-4-3-5-7-21/h3-11,19-20H,12-18H2,1-2H3,(H,27,31). The summed E-state index contributed by atoms with van der Waals surface area (Å²) in [7, 11) is 0. The van der Waals surface area contributed by atoms with Crippen molar-refractivity contribution in [3.8, 4) is 0 Å². The zero-order valence-corrected chi connectivity index (χ0v) is 19.0. The molecule has 2 aromatic carbocycles. The van der Waals surface area contributed by atoms with E-state index in [0.717, 1.165) is 38.3 Å². The predicted octanol–water partition coefficient (Wildman–Crippen LogP) is 4.05. The minimum atomic E-state index is -0.211. The molecule has 32 heavy (non-hydrogen) atoms. The van der Waals surface area contributed by atoms with Crippen LogP contribution in [0.4, 0.5) is 0 Å². The van der Waals surface area contributed by atoms with E-state index in [2.05, 4.69) is 58.2 Å². The Balaban J connectivity index is 1.21. The van der Waals surface area contributed by atoms with Gasteiger partial charge in [0.05, 0.1) is 6.54 Å². The fourth-order valence-electron chi connectivity index (χ4n) is 3.92. The highest BCUT2D eigenvalue weighted by atomic mass is 16.3. The van der Waals surface area contributed by atoms with Gasteiger partial charge in [-0.1, -0.05) is 68.4 Å². The Morgan fingerprint density at radius 3 is 2.25 bits per heavy atom. The third-order valence-electron chi connectivity index (χ3n) is 5.96. The van der Waals surface area contributed by atoms with Crippen LogP contribution in [0.2, 0.25) is 0 Å². The number of hydrogen-bond donors (Lipinski definition) is 1. The van der Waals surface area contributed by atoms with Crippen molar-refractivity contribution in [2.24, 2.45) is 0 Å². The van der Waals surface area contributed by atoms with E-state index in [-0.39, 0.29) is 5.91 Å². The van der Waals surface area contributed by atoms with Crippen molar-refractivity contribution in [2.45, 2.75) is 39.4 Å². The van der Waals surface area contributed by atoms with Gasteiger partial charge >= 0.3 is 0 Å². The number of carbonyl (C=O) groups excluding carboxylic acids is 1. The highest BCUT2D eigenvalue weighted by molar-refractivity contribution is 5.91. The molecule has 1 saturated heterocycles. The van der Waals surface area contributed by atoms with E-state index in [4.69, 9.17) is 4.42 Å². The maximum absolute atomic E-state index is 12.3. The van der Waals surface area contributed by atoms with Crippen LogP contribution in [0.5, 0.6) is 0 Å². The van der Waals surface area contributed by atoms with E-state index < -0.39 is 0 Å². The Kier molecular flexibility index (Phi) is 7.35. The molecule has 1 aromatic heterocycles. The molecule has 6 nitrogen and oxygen atoms in total. The van der Waals surface area contributed by atoms with Crippen molar-refractivity contribution in [1.82, 2.24) is 20.1 Å². The van der Waals surface area contributed by atoms with Gasteiger partial charge in [0.1, 0.15) is 6.26 Å². The number of nitrogens with one attached hydrogen (secondary N) is 1. The van der Waals surface area contributed by atoms with Crippen molar-refractivity contribution in [3.63, 3.8) is 0 Å². The molecule has 0 atom stereocenters. The first-order chi connectivity index (χ1) is 15.6. The van der Waals surface area contributed by atoms with E-state index in [1.54, 1.807) is 0 Å². The topological polar surface area (TPSA) is 61.6 Å². The maximum atomic E-state index is 12.3. The fraction of sp³-hybridized carbons (Fsp3) is 0.385. The van der Waals surface area contributed by atoms with Gasteiger partial charge in [0.2, 0.25) is 5.89 Å². The zero-order chi connectivity index (χ0) is 22.3. The summed E-state index contributed by atoms with van der Waals surface area (Å²) in [5, 5.41) is 2.89. The summed E-state index contributed by atoms with van der Waals surface area (Å²) in [5.74, 6) is 0.947. The second-order valence-corrected chi connectivity index (χ2v) is 8.74. The third-order valence-corrected chi connectivity index (χ3v) is 5.96. The lowest BCUT2D eigenvalue weighted by molar-refractivity contribution is 0.0945. The number of carbonyl (C=O) groups is 1. The molecule has 168 valence electrons. The van der Waals surface area contributed by atoms with E-state index >= 15 is 0 Å². The SMILES string of the molecule is CC(C)c1ccc(CN2CCN(Cc3nc(C(=O)NCc4ccccc4)co3)CC2)cc1. The number of amides is 1. The van der Waals surface area contributed by atoms with Crippen molar-refractivity contribution in [3.05, 3.63) is 89.1 Å². The number of piperazine rings is 1. The molecule has 3 aromatic rings. The molecule has 6 heteroatoms. The number of aromatic nitrogens is 1. The van der Waals surface area contributed by atoms with Crippen molar-refractivity contribution >= 4 is 5.91 Å². The molecule has 1 amide bonds. The summed E-state index contributed by atoms with van der Waals surface area (Å²) in [5.41, 5.74) is 4.14. The van der Waals surface area contributed by atoms with Gasteiger partial charge in [0.25, 0.3) is 5.91 Å². The minimum absolute atomic E-state index is 0.211. The number of hydrogen-bond acceptors (Lipinski definition) is 5. The zero-order valence-electron chi connectivity index (χ0n) is 19.0. The molecule has 2 heterocycles. The molecule has 0 spiro atoms. The largest absolute Gasteiger partial charge is 0.447 e. The average Bonchev–Trinajstić information content (AvgIpc) is 3.28. The summed E-state index contributed by atoms with van der Waals surface area (Å²) in [6.07, 6.45) is 1.45. The number of oxazole rings is 1. The molecule has 4 rings (SSSR count). The normalized spacial score (nSPS) is 15.2. The second-order valence-electron chi connectivity index (χ2n) is 8.74. The number of nitrogens with zero attached hydrogens (tertiary/aromatic N) is 3. The summed E-state index contributed by atoms with van der Waals surface area (Å²) < 4.78 is 5.57. The van der Waals surface area contributed by atoms with Crippen LogP contribution in [0.25, 0.3) is 0 Å². The first kappa shape index (κ1) is 22.2. The van der Waals surface area contributed by atoms with Crippen LogP contribution in [0.3, 0.4) is 0 Å². The van der Waals surface area contributed by atoms with Crippen molar-refractivity contribution < 1.29 is 9.21 Å². The van der Waals surface area contributed by atoms with Gasteiger partial charge < -0.3 is 9.73 Å². The van der Waals surface area contributed by atoms with Crippen LogP contribution in [0.15, 0.2) is 65.3 Å². The van der Waals surface area contributed by atoms with Crippen LogP contribution >= 0.6 is 0 Å². The van der Waals surface area contributed by atoms with Gasteiger partial charge in [0.15, 0.2) is 5.69 Å². The molecule has 0 saturated carbocycles. The highest BCUT2D eigenvalue weighted by Gasteiger charge is 2.20. The average molecular weight is 433 g/mol. The smallest absolute Gasteiger partial charge is 0.273 e. The van der Waals surface area contributed by atoms with Gasteiger partial charge in [-0.25, -0.2) is 4.98 Å². The molecule has 1 aliphatic rings. The quantitative estimate of drug-likeness (QED) is 0.582. The van der Waals surface area contributed by atoms with Gasteiger partial charge in [-0.3, -0.25) is 14.6 Å². The first-order valence-electron chi connectivity index (χ1n) is 11.4. The third kappa shape index (κ3) is 6.05. The maximum Gasteiger partial charge on any atom is 0.273 e. The first-order valence-corrected chi connectivity index (χ1v) is 11.4. The highest BCUT2D eigenvalue weighted by Crippen LogP contribution is 2.17. The molecular formula is C26H32N4O2. The van der Waals surface area contributed by atoms with Gasteiger partial charge in [-0.05, 0) is 22.6 Å². The van der Waals surface area contributed by atoms with Crippen LogP contribution in [0, 0.1) is 0 Å². The summed E-state index contributed by atoms with van der Waals surface area (Å²) >= 11 is 0. The number of rotatable bonds is 8. The number of benzene rings is 2. The molecule has 1 fully saturated rings. The van der Waals surface area contributed by atoms with Crippen LogP contribution < -0.4 is 5.32 Å². The monoisotopic (exact) mass is 432 g/mol. The Labute approximate surface area is 190 Å². The van der Waals surface area contributed by atoms with Crippen LogP contribution in [-0.2, 0) is 19.6 Å². The molecule has 0 radical (unpaired) electrons. The Hall–Kier alpha value is -2.96. The predicted molar refractivity (Wildman–Crippen MR) is 125 cm³/mol.